The van der Waals surface area contributed by atoms with Gasteiger partial charge in [0.2, 0.25) is 5.91 Å². The van der Waals surface area contributed by atoms with E-state index in [1.54, 1.807) is 17.0 Å². The molecule has 1 aromatic rings. The zero-order valence-corrected chi connectivity index (χ0v) is 12.8. The molecule has 2 amide bonds. The molecule has 22 heavy (non-hydrogen) atoms. The molecule has 1 aromatic carbocycles. The SMILES string of the molecule is CCNC(=O)CN1CCCN(C(=O)c2ccccc2F)CC1. The maximum atomic E-state index is 13.7. The van der Waals surface area contributed by atoms with Crippen LogP contribution in [0.15, 0.2) is 24.3 Å². The molecular formula is C16H22FN3O2. The molecule has 1 N–H and O–H groups in total. The Hall–Kier alpha value is -1.95. The molecule has 2 rings (SSSR count). The van der Waals surface area contributed by atoms with Crippen LogP contribution in [0.4, 0.5) is 4.39 Å². The van der Waals surface area contributed by atoms with Gasteiger partial charge >= 0.3 is 0 Å². The second-order valence-corrected chi connectivity index (χ2v) is 5.36. The van der Waals surface area contributed by atoms with Gasteiger partial charge < -0.3 is 10.2 Å². The topological polar surface area (TPSA) is 52.7 Å². The van der Waals surface area contributed by atoms with E-state index in [2.05, 4.69) is 5.32 Å². The number of nitrogens with zero attached hydrogens (tertiary/aromatic N) is 2. The van der Waals surface area contributed by atoms with Crippen LogP contribution in [0.3, 0.4) is 0 Å². The van der Waals surface area contributed by atoms with E-state index in [0.29, 0.717) is 32.7 Å². The highest BCUT2D eigenvalue weighted by Crippen LogP contribution is 2.12. The molecular weight excluding hydrogens is 285 g/mol. The van der Waals surface area contributed by atoms with E-state index >= 15 is 0 Å². The van der Waals surface area contributed by atoms with Gasteiger partial charge in [0.05, 0.1) is 12.1 Å². The van der Waals surface area contributed by atoms with Crippen molar-refractivity contribution in [3.8, 4) is 0 Å². The lowest BCUT2D eigenvalue weighted by atomic mass is 10.2. The van der Waals surface area contributed by atoms with Gasteiger partial charge in [0.1, 0.15) is 5.82 Å². The van der Waals surface area contributed by atoms with Crippen LogP contribution in [0.1, 0.15) is 23.7 Å². The van der Waals surface area contributed by atoms with Crippen molar-refractivity contribution in [1.82, 2.24) is 15.1 Å². The maximum Gasteiger partial charge on any atom is 0.256 e. The van der Waals surface area contributed by atoms with Gasteiger partial charge in [-0.3, -0.25) is 14.5 Å². The molecule has 0 unspecified atom stereocenters. The third kappa shape index (κ3) is 4.27. The molecule has 1 aliphatic heterocycles. The largest absolute Gasteiger partial charge is 0.355 e. The molecule has 1 fully saturated rings. The number of likely N-dealkylation sites (N-methyl/N-ethyl adjacent to an activating group) is 1. The number of carbonyl (C=O) groups excluding carboxylic acids is 2. The Kier molecular flexibility index (Phi) is 5.89. The first-order valence-electron chi connectivity index (χ1n) is 7.64. The fourth-order valence-corrected chi connectivity index (χ4v) is 2.59. The lowest BCUT2D eigenvalue weighted by molar-refractivity contribution is -0.122. The summed E-state index contributed by atoms with van der Waals surface area (Å²) >= 11 is 0. The lowest BCUT2D eigenvalue weighted by Crippen LogP contribution is -2.40. The minimum Gasteiger partial charge on any atom is -0.355 e. The van der Waals surface area contributed by atoms with Gasteiger partial charge in [-0.15, -0.1) is 0 Å². The van der Waals surface area contributed by atoms with E-state index in [1.807, 2.05) is 11.8 Å². The van der Waals surface area contributed by atoms with E-state index in [1.165, 1.54) is 12.1 Å². The van der Waals surface area contributed by atoms with Gasteiger partial charge in [0.25, 0.3) is 5.91 Å². The van der Waals surface area contributed by atoms with Crippen LogP contribution in [0.5, 0.6) is 0 Å². The molecule has 120 valence electrons. The summed E-state index contributed by atoms with van der Waals surface area (Å²) in [6.07, 6.45) is 0.777. The van der Waals surface area contributed by atoms with Crippen molar-refractivity contribution in [2.75, 3.05) is 39.3 Å². The quantitative estimate of drug-likeness (QED) is 0.906. The first-order valence-corrected chi connectivity index (χ1v) is 7.64. The number of halogens is 1. The van der Waals surface area contributed by atoms with Gasteiger partial charge in [-0.05, 0) is 25.5 Å². The monoisotopic (exact) mass is 307 g/mol. The lowest BCUT2D eigenvalue weighted by Gasteiger charge is -2.22. The summed E-state index contributed by atoms with van der Waals surface area (Å²) in [5, 5.41) is 2.77. The summed E-state index contributed by atoms with van der Waals surface area (Å²) in [5.74, 6) is -0.773. The van der Waals surface area contributed by atoms with Gasteiger partial charge in [0.15, 0.2) is 0 Å². The molecule has 0 radical (unpaired) electrons. The average Bonchev–Trinajstić information content (AvgIpc) is 2.73. The van der Waals surface area contributed by atoms with Crippen molar-refractivity contribution < 1.29 is 14.0 Å². The summed E-state index contributed by atoms with van der Waals surface area (Å²) in [7, 11) is 0. The minimum absolute atomic E-state index is 0.00335. The van der Waals surface area contributed by atoms with Crippen LogP contribution in [0.25, 0.3) is 0 Å². The van der Waals surface area contributed by atoms with Crippen molar-refractivity contribution in [3.05, 3.63) is 35.6 Å². The van der Waals surface area contributed by atoms with E-state index in [9.17, 15) is 14.0 Å². The number of nitrogens with one attached hydrogen (secondary N) is 1. The Morgan fingerprint density at radius 3 is 2.68 bits per heavy atom. The first-order chi connectivity index (χ1) is 10.6. The molecule has 1 saturated heterocycles. The van der Waals surface area contributed by atoms with Gasteiger partial charge in [0, 0.05) is 32.7 Å². The predicted molar refractivity (Wildman–Crippen MR) is 82.0 cm³/mol. The van der Waals surface area contributed by atoms with Gasteiger partial charge in [-0.1, -0.05) is 12.1 Å². The maximum absolute atomic E-state index is 13.7. The van der Waals surface area contributed by atoms with Crippen LogP contribution in [-0.2, 0) is 4.79 Å². The second kappa shape index (κ2) is 7.89. The fraction of sp³-hybridized carbons (Fsp3) is 0.500. The van der Waals surface area contributed by atoms with Crippen molar-refractivity contribution in [2.24, 2.45) is 0 Å². The second-order valence-electron chi connectivity index (χ2n) is 5.36. The summed E-state index contributed by atoms with van der Waals surface area (Å²) < 4.78 is 13.7. The number of hydrogen-bond donors (Lipinski definition) is 1. The molecule has 0 bridgehead atoms. The summed E-state index contributed by atoms with van der Waals surface area (Å²) in [6.45, 7) is 5.32. The molecule has 0 saturated carbocycles. The van der Waals surface area contributed by atoms with Gasteiger partial charge in [-0.25, -0.2) is 4.39 Å². The molecule has 0 aromatic heterocycles. The summed E-state index contributed by atoms with van der Waals surface area (Å²) in [6, 6.07) is 6.04. The standard InChI is InChI=1S/C16H22FN3O2/c1-2-18-15(21)12-19-8-5-9-20(11-10-19)16(22)13-6-3-4-7-14(13)17/h3-4,6-7H,2,5,8-12H2,1H3,(H,18,21). The predicted octanol–water partition coefficient (Wildman–Crippen LogP) is 1.11. The zero-order chi connectivity index (χ0) is 15.9. The Balaban J connectivity index is 1.94. The van der Waals surface area contributed by atoms with Crippen molar-refractivity contribution >= 4 is 11.8 Å². The van der Waals surface area contributed by atoms with E-state index < -0.39 is 5.82 Å². The molecule has 5 nitrogen and oxygen atoms in total. The van der Waals surface area contributed by atoms with Crippen LogP contribution in [-0.4, -0.2) is 60.9 Å². The van der Waals surface area contributed by atoms with E-state index in [0.717, 1.165) is 13.0 Å². The third-order valence-electron chi connectivity index (χ3n) is 3.72. The Bertz CT molecular complexity index is 536. The van der Waals surface area contributed by atoms with Crippen molar-refractivity contribution in [2.45, 2.75) is 13.3 Å². The minimum atomic E-state index is -0.490. The molecule has 0 atom stereocenters. The van der Waals surface area contributed by atoms with Crippen molar-refractivity contribution in [1.29, 1.82) is 0 Å². The molecule has 0 spiro atoms. The van der Waals surface area contributed by atoms with E-state index in [4.69, 9.17) is 0 Å². The van der Waals surface area contributed by atoms with E-state index in [-0.39, 0.29) is 17.4 Å². The van der Waals surface area contributed by atoms with Crippen LogP contribution in [0.2, 0.25) is 0 Å². The van der Waals surface area contributed by atoms with Gasteiger partial charge in [-0.2, -0.15) is 0 Å². The highest BCUT2D eigenvalue weighted by molar-refractivity contribution is 5.94. The number of benzene rings is 1. The number of amides is 2. The first kappa shape index (κ1) is 16.4. The Labute approximate surface area is 130 Å². The zero-order valence-electron chi connectivity index (χ0n) is 12.8. The summed E-state index contributed by atoms with van der Waals surface area (Å²) in [5.41, 5.74) is 0.111. The van der Waals surface area contributed by atoms with Crippen LogP contribution < -0.4 is 5.32 Å². The van der Waals surface area contributed by atoms with Crippen molar-refractivity contribution in [3.63, 3.8) is 0 Å². The fourth-order valence-electron chi connectivity index (χ4n) is 2.59. The number of hydrogen-bond acceptors (Lipinski definition) is 3. The molecule has 1 heterocycles. The summed E-state index contributed by atoms with van der Waals surface area (Å²) in [4.78, 5) is 27.7. The van der Waals surface area contributed by atoms with Crippen LogP contribution in [0, 0.1) is 5.82 Å². The highest BCUT2D eigenvalue weighted by Gasteiger charge is 2.22. The number of rotatable bonds is 4. The molecule has 1 aliphatic rings. The smallest absolute Gasteiger partial charge is 0.256 e. The highest BCUT2D eigenvalue weighted by atomic mass is 19.1. The Morgan fingerprint density at radius 2 is 1.95 bits per heavy atom. The van der Waals surface area contributed by atoms with Crippen LogP contribution >= 0.6 is 0 Å². The normalized spacial score (nSPS) is 16.2. The number of carbonyl (C=O) groups is 2. The third-order valence-corrected chi connectivity index (χ3v) is 3.72. The molecule has 6 heteroatoms. The Morgan fingerprint density at radius 1 is 1.18 bits per heavy atom. The molecule has 0 aliphatic carbocycles. The average molecular weight is 307 g/mol.